The van der Waals surface area contributed by atoms with Crippen LogP contribution in [0.3, 0.4) is 0 Å². The number of rotatable bonds is 5. The van der Waals surface area contributed by atoms with Gasteiger partial charge in [-0.05, 0) is 19.1 Å². The standard InChI is InChI=1S/C14H19N3O4/c1-10(9-18)16(2)13(19)15-7-8-17-11-5-3-4-6-12(11)21-14(17)20/h3-6,10,18H,7-9H2,1-2H3,(H,15,19). The van der Waals surface area contributed by atoms with E-state index in [2.05, 4.69) is 5.32 Å². The molecule has 21 heavy (non-hydrogen) atoms. The molecule has 0 saturated carbocycles. The van der Waals surface area contributed by atoms with Crippen molar-refractivity contribution in [2.45, 2.75) is 19.5 Å². The van der Waals surface area contributed by atoms with Crippen molar-refractivity contribution in [3.05, 3.63) is 34.8 Å². The number of likely N-dealkylation sites (N-methyl/N-ethyl adjacent to an activating group) is 1. The van der Waals surface area contributed by atoms with Gasteiger partial charge in [0, 0.05) is 20.1 Å². The highest BCUT2D eigenvalue weighted by Gasteiger charge is 2.14. The van der Waals surface area contributed by atoms with Gasteiger partial charge in [-0.25, -0.2) is 9.59 Å². The van der Waals surface area contributed by atoms with Gasteiger partial charge >= 0.3 is 11.8 Å². The molecule has 1 aromatic heterocycles. The summed E-state index contributed by atoms with van der Waals surface area (Å²) in [5.41, 5.74) is 1.23. The second kappa shape index (κ2) is 6.45. The van der Waals surface area contributed by atoms with Crippen LogP contribution in [-0.2, 0) is 6.54 Å². The lowest BCUT2D eigenvalue weighted by Crippen LogP contribution is -2.44. The van der Waals surface area contributed by atoms with Crippen molar-refractivity contribution < 1.29 is 14.3 Å². The smallest absolute Gasteiger partial charge is 0.408 e. The normalized spacial score (nSPS) is 12.3. The van der Waals surface area contributed by atoms with Crippen LogP contribution in [-0.4, -0.2) is 46.8 Å². The largest absolute Gasteiger partial charge is 0.420 e. The number of amides is 2. The lowest BCUT2D eigenvalue weighted by Gasteiger charge is -2.23. The Kier molecular flexibility index (Phi) is 4.64. The fourth-order valence-corrected chi connectivity index (χ4v) is 1.95. The number of carbonyl (C=O) groups is 1. The van der Waals surface area contributed by atoms with Gasteiger partial charge in [-0.3, -0.25) is 4.57 Å². The van der Waals surface area contributed by atoms with E-state index in [1.54, 1.807) is 32.2 Å². The molecular formula is C14H19N3O4. The Morgan fingerprint density at radius 1 is 1.48 bits per heavy atom. The monoisotopic (exact) mass is 293 g/mol. The van der Waals surface area contributed by atoms with Crippen molar-refractivity contribution in [3.8, 4) is 0 Å². The maximum atomic E-state index is 11.8. The van der Waals surface area contributed by atoms with E-state index in [9.17, 15) is 9.59 Å². The SMILES string of the molecule is CC(CO)N(C)C(=O)NCCn1c(=O)oc2ccccc21. The van der Waals surface area contributed by atoms with E-state index in [-0.39, 0.29) is 18.7 Å². The van der Waals surface area contributed by atoms with Crippen LogP contribution in [0.4, 0.5) is 4.79 Å². The minimum Gasteiger partial charge on any atom is -0.408 e. The number of aromatic nitrogens is 1. The number of hydrogen-bond acceptors (Lipinski definition) is 4. The number of aliphatic hydroxyl groups is 1. The molecule has 1 heterocycles. The molecule has 0 spiro atoms. The lowest BCUT2D eigenvalue weighted by atomic mass is 10.3. The zero-order chi connectivity index (χ0) is 15.4. The molecule has 0 aliphatic carbocycles. The highest BCUT2D eigenvalue weighted by molar-refractivity contribution is 5.74. The molecule has 0 fully saturated rings. The molecular weight excluding hydrogens is 274 g/mol. The molecule has 114 valence electrons. The van der Waals surface area contributed by atoms with Gasteiger partial charge in [0.15, 0.2) is 5.58 Å². The van der Waals surface area contributed by atoms with Gasteiger partial charge in [-0.15, -0.1) is 0 Å². The number of benzene rings is 1. The Bertz CT molecular complexity index is 676. The van der Waals surface area contributed by atoms with Crippen LogP contribution in [0, 0.1) is 0 Å². The highest BCUT2D eigenvalue weighted by atomic mass is 16.4. The molecule has 2 rings (SSSR count). The Hall–Kier alpha value is -2.28. The summed E-state index contributed by atoms with van der Waals surface area (Å²) in [7, 11) is 1.61. The van der Waals surface area contributed by atoms with Crippen LogP contribution in [0.25, 0.3) is 11.1 Å². The zero-order valence-electron chi connectivity index (χ0n) is 12.1. The van der Waals surface area contributed by atoms with Crippen molar-refractivity contribution in [2.24, 2.45) is 0 Å². The van der Waals surface area contributed by atoms with Gasteiger partial charge in [0.1, 0.15) is 0 Å². The van der Waals surface area contributed by atoms with Gasteiger partial charge in [0.05, 0.1) is 18.2 Å². The molecule has 0 saturated heterocycles. The van der Waals surface area contributed by atoms with Crippen LogP contribution < -0.4 is 11.1 Å². The van der Waals surface area contributed by atoms with E-state index in [4.69, 9.17) is 9.52 Å². The topological polar surface area (TPSA) is 87.7 Å². The molecule has 1 unspecified atom stereocenters. The van der Waals surface area contributed by atoms with Gasteiger partial charge in [-0.1, -0.05) is 12.1 Å². The molecule has 7 heteroatoms. The van der Waals surface area contributed by atoms with Gasteiger partial charge in [0.2, 0.25) is 0 Å². The first kappa shape index (κ1) is 15.1. The Balaban J connectivity index is 1.98. The maximum Gasteiger partial charge on any atom is 0.420 e. The summed E-state index contributed by atoms with van der Waals surface area (Å²) >= 11 is 0. The number of fused-ring (bicyclic) bond motifs is 1. The number of oxazole rings is 1. The van der Waals surface area contributed by atoms with Crippen LogP contribution in [0.2, 0.25) is 0 Å². The Morgan fingerprint density at radius 3 is 2.90 bits per heavy atom. The predicted molar refractivity (Wildman–Crippen MR) is 78.2 cm³/mol. The molecule has 7 nitrogen and oxygen atoms in total. The van der Waals surface area contributed by atoms with E-state index < -0.39 is 5.76 Å². The number of para-hydroxylation sites is 2. The number of carbonyl (C=O) groups excluding carboxylic acids is 1. The Morgan fingerprint density at radius 2 is 2.19 bits per heavy atom. The van der Waals surface area contributed by atoms with Crippen LogP contribution in [0.1, 0.15) is 6.92 Å². The molecule has 1 atom stereocenters. The van der Waals surface area contributed by atoms with E-state index >= 15 is 0 Å². The minimum atomic E-state index is -0.442. The van der Waals surface area contributed by atoms with Gasteiger partial charge < -0.3 is 19.7 Å². The zero-order valence-corrected chi connectivity index (χ0v) is 12.1. The minimum absolute atomic E-state index is 0.101. The fourth-order valence-electron chi connectivity index (χ4n) is 1.95. The molecule has 2 aromatic rings. The molecule has 0 aliphatic heterocycles. The maximum absolute atomic E-state index is 11.8. The summed E-state index contributed by atoms with van der Waals surface area (Å²) < 4.78 is 6.59. The second-order valence-corrected chi connectivity index (χ2v) is 4.86. The van der Waals surface area contributed by atoms with Crippen molar-refractivity contribution in [1.29, 1.82) is 0 Å². The number of nitrogens with one attached hydrogen (secondary N) is 1. The van der Waals surface area contributed by atoms with Crippen molar-refractivity contribution >= 4 is 17.1 Å². The average Bonchev–Trinajstić information content (AvgIpc) is 2.81. The third-order valence-electron chi connectivity index (χ3n) is 3.43. The Labute approximate surface area is 121 Å². The summed E-state index contributed by atoms with van der Waals surface area (Å²) in [5, 5.41) is 11.7. The molecule has 2 N–H and O–H groups in total. The number of nitrogens with zero attached hydrogens (tertiary/aromatic N) is 2. The van der Waals surface area contributed by atoms with E-state index in [1.807, 2.05) is 6.07 Å². The molecule has 1 aromatic carbocycles. The number of hydrogen-bond donors (Lipinski definition) is 2. The van der Waals surface area contributed by atoms with E-state index in [0.29, 0.717) is 24.2 Å². The number of urea groups is 1. The van der Waals surface area contributed by atoms with Crippen molar-refractivity contribution in [1.82, 2.24) is 14.8 Å². The summed E-state index contributed by atoms with van der Waals surface area (Å²) in [4.78, 5) is 25.0. The van der Waals surface area contributed by atoms with Crippen LogP contribution >= 0.6 is 0 Å². The summed E-state index contributed by atoms with van der Waals surface area (Å²) in [6.07, 6.45) is 0. The van der Waals surface area contributed by atoms with E-state index in [1.165, 1.54) is 9.47 Å². The first-order valence-electron chi connectivity index (χ1n) is 6.74. The van der Waals surface area contributed by atoms with Gasteiger partial charge in [-0.2, -0.15) is 0 Å². The molecule has 0 radical (unpaired) electrons. The average molecular weight is 293 g/mol. The van der Waals surface area contributed by atoms with Crippen LogP contribution in [0.5, 0.6) is 0 Å². The molecule has 0 aliphatic rings. The fraction of sp³-hybridized carbons (Fsp3) is 0.429. The third-order valence-corrected chi connectivity index (χ3v) is 3.43. The summed E-state index contributed by atoms with van der Waals surface area (Å²) in [6, 6.07) is 6.58. The van der Waals surface area contributed by atoms with Crippen molar-refractivity contribution in [3.63, 3.8) is 0 Å². The van der Waals surface area contributed by atoms with Gasteiger partial charge in [0.25, 0.3) is 0 Å². The lowest BCUT2D eigenvalue weighted by molar-refractivity contribution is 0.157. The highest BCUT2D eigenvalue weighted by Crippen LogP contribution is 2.11. The summed E-state index contributed by atoms with van der Waals surface area (Å²) in [5.74, 6) is -0.442. The second-order valence-electron chi connectivity index (χ2n) is 4.86. The van der Waals surface area contributed by atoms with E-state index in [0.717, 1.165) is 0 Å². The predicted octanol–water partition coefficient (Wildman–Crippen LogP) is 0.617. The third kappa shape index (κ3) is 3.25. The van der Waals surface area contributed by atoms with Crippen LogP contribution in [0.15, 0.2) is 33.5 Å². The van der Waals surface area contributed by atoms with Crippen molar-refractivity contribution in [2.75, 3.05) is 20.2 Å². The molecule has 0 bridgehead atoms. The quantitative estimate of drug-likeness (QED) is 0.846. The molecule has 2 amide bonds. The summed E-state index contributed by atoms with van der Waals surface area (Å²) in [6.45, 7) is 2.26. The first-order chi connectivity index (χ1) is 10.0. The number of aliphatic hydroxyl groups excluding tert-OH is 1. The first-order valence-corrected chi connectivity index (χ1v) is 6.74.